The van der Waals surface area contributed by atoms with Gasteiger partial charge in [0.25, 0.3) is 5.91 Å². The topological polar surface area (TPSA) is 159 Å². The van der Waals surface area contributed by atoms with Crippen molar-refractivity contribution in [1.82, 2.24) is 25.2 Å². The largest absolute Gasteiger partial charge is 0.496 e. The van der Waals surface area contributed by atoms with Crippen LogP contribution in [0.25, 0.3) is 10.9 Å². The summed E-state index contributed by atoms with van der Waals surface area (Å²) in [5.41, 5.74) is 0.692. The summed E-state index contributed by atoms with van der Waals surface area (Å²) in [6, 6.07) is 3.84. The third-order valence-electron chi connectivity index (χ3n) is 9.52. The molecular formula is C36H49N5O7S. The molecule has 13 heteroatoms. The van der Waals surface area contributed by atoms with Gasteiger partial charge in [-0.25, -0.2) is 0 Å². The summed E-state index contributed by atoms with van der Waals surface area (Å²) in [5.74, 6) is 0.601. The second kappa shape index (κ2) is 16.1. The van der Waals surface area contributed by atoms with E-state index in [0.29, 0.717) is 48.7 Å². The molecule has 1 saturated heterocycles. The van der Waals surface area contributed by atoms with Crippen LogP contribution in [0.2, 0.25) is 0 Å². The maximum Gasteiger partial charge on any atom is 0.256 e. The van der Waals surface area contributed by atoms with Gasteiger partial charge in [0, 0.05) is 34.7 Å². The Balaban J connectivity index is 0.000000221. The molecule has 266 valence electrons. The number of hydrogen-bond donors (Lipinski definition) is 4. The highest BCUT2D eigenvalue weighted by Crippen LogP contribution is 2.46. The molecule has 4 N–H and O–H groups in total. The number of aromatic amines is 1. The summed E-state index contributed by atoms with van der Waals surface area (Å²) in [5, 5.41) is 6.79. The van der Waals surface area contributed by atoms with Gasteiger partial charge in [0.2, 0.25) is 18.2 Å². The molecule has 3 fully saturated rings. The Labute approximate surface area is 291 Å². The molecule has 0 spiro atoms. The lowest BCUT2D eigenvalue weighted by atomic mass is 10.1. The van der Waals surface area contributed by atoms with Crippen LogP contribution < -0.4 is 30.3 Å². The summed E-state index contributed by atoms with van der Waals surface area (Å²) < 4.78 is 13.7. The first kappa shape index (κ1) is 36.3. The molecule has 0 bridgehead atoms. The zero-order chi connectivity index (χ0) is 35.1. The number of pyridine rings is 1. The number of ether oxygens (including phenoxy) is 2. The van der Waals surface area contributed by atoms with E-state index in [9.17, 15) is 24.0 Å². The summed E-state index contributed by atoms with van der Waals surface area (Å²) in [6.45, 7) is 6.24. The summed E-state index contributed by atoms with van der Waals surface area (Å²) >= 11 is 1.45. The van der Waals surface area contributed by atoms with Crippen LogP contribution >= 0.6 is 11.9 Å². The second-order valence-electron chi connectivity index (χ2n) is 13.6. The number of aromatic nitrogens is 1. The van der Waals surface area contributed by atoms with Crippen molar-refractivity contribution in [3.05, 3.63) is 46.1 Å². The monoisotopic (exact) mass is 695 g/mol. The lowest BCUT2D eigenvalue weighted by molar-refractivity contribution is -0.141. The second-order valence-corrected chi connectivity index (χ2v) is 14.7. The number of fused-ring (bicyclic) bond motifs is 3. The molecule has 2 saturated carbocycles. The lowest BCUT2D eigenvalue weighted by Gasteiger charge is -2.29. The minimum absolute atomic E-state index is 0.0172. The van der Waals surface area contributed by atoms with Crippen molar-refractivity contribution in [2.45, 2.75) is 114 Å². The van der Waals surface area contributed by atoms with Gasteiger partial charge in [0.05, 0.1) is 18.7 Å². The van der Waals surface area contributed by atoms with Gasteiger partial charge in [-0.3, -0.25) is 28.7 Å². The fourth-order valence-electron chi connectivity index (χ4n) is 6.56. The molecule has 2 unspecified atom stereocenters. The predicted molar refractivity (Wildman–Crippen MR) is 189 cm³/mol. The van der Waals surface area contributed by atoms with Crippen molar-refractivity contribution < 1.29 is 28.7 Å². The molecule has 49 heavy (non-hydrogen) atoms. The Morgan fingerprint density at radius 1 is 1.10 bits per heavy atom. The molecule has 4 aliphatic rings. The van der Waals surface area contributed by atoms with Crippen LogP contribution in [0.4, 0.5) is 0 Å². The first-order valence-corrected chi connectivity index (χ1v) is 18.3. The van der Waals surface area contributed by atoms with E-state index >= 15 is 0 Å². The Morgan fingerprint density at radius 3 is 2.61 bits per heavy atom. The minimum atomic E-state index is -0.923. The number of carbonyl (C=O) groups excluding carboxylic acids is 4. The van der Waals surface area contributed by atoms with E-state index in [1.54, 1.807) is 24.1 Å². The molecule has 0 radical (unpaired) electrons. The normalized spacial score (nSPS) is 26.1. The molecule has 12 nitrogen and oxygen atoms in total. The van der Waals surface area contributed by atoms with Crippen molar-refractivity contribution in [3.63, 3.8) is 0 Å². The molecule has 4 atom stereocenters. The van der Waals surface area contributed by atoms with Gasteiger partial charge in [-0.2, -0.15) is 0 Å². The van der Waals surface area contributed by atoms with Crippen molar-refractivity contribution in [1.29, 1.82) is 0 Å². The number of nitrogens with zero attached hydrogens (tertiary/aromatic N) is 1. The van der Waals surface area contributed by atoms with Gasteiger partial charge in [-0.15, -0.1) is 0 Å². The summed E-state index contributed by atoms with van der Waals surface area (Å²) in [6.07, 6.45) is 13.1. The third kappa shape index (κ3) is 8.78. The lowest BCUT2D eigenvalue weighted by Crippen LogP contribution is -2.57. The summed E-state index contributed by atoms with van der Waals surface area (Å²) in [4.78, 5) is 67.2. The van der Waals surface area contributed by atoms with Gasteiger partial charge in [-0.1, -0.05) is 25.0 Å². The highest BCUT2D eigenvalue weighted by molar-refractivity contribution is 7.98. The Kier molecular flexibility index (Phi) is 12.0. The highest BCUT2D eigenvalue weighted by atomic mass is 32.2. The zero-order valence-electron chi connectivity index (χ0n) is 28.8. The van der Waals surface area contributed by atoms with E-state index in [-0.39, 0.29) is 35.2 Å². The van der Waals surface area contributed by atoms with Crippen molar-refractivity contribution in [2.75, 3.05) is 13.7 Å². The van der Waals surface area contributed by atoms with E-state index in [2.05, 4.69) is 32.5 Å². The maximum absolute atomic E-state index is 13.2. The molecule has 2 aliphatic heterocycles. The molecule has 2 aliphatic carbocycles. The first-order valence-electron chi connectivity index (χ1n) is 17.4. The molecular weight excluding hydrogens is 646 g/mol. The Hall–Kier alpha value is -4.00. The number of amides is 4. The average molecular weight is 696 g/mol. The van der Waals surface area contributed by atoms with E-state index in [1.165, 1.54) is 18.0 Å². The van der Waals surface area contributed by atoms with Gasteiger partial charge in [-0.05, 0) is 96.2 Å². The van der Waals surface area contributed by atoms with Crippen LogP contribution in [0.5, 0.6) is 11.6 Å². The van der Waals surface area contributed by atoms with Crippen LogP contribution in [-0.2, 0) is 19.2 Å². The van der Waals surface area contributed by atoms with Crippen LogP contribution in [-0.4, -0.2) is 76.6 Å². The zero-order valence-corrected chi connectivity index (χ0v) is 29.7. The van der Waals surface area contributed by atoms with Crippen LogP contribution in [0.1, 0.15) is 83.6 Å². The number of rotatable bonds is 8. The summed E-state index contributed by atoms with van der Waals surface area (Å²) in [7, 11) is 1.61. The molecule has 4 amide bonds. The van der Waals surface area contributed by atoms with E-state index in [0.717, 1.165) is 61.8 Å². The molecule has 1 aromatic carbocycles. The van der Waals surface area contributed by atoms with E-state index < -0.39 is 17.6 Å². The number of aryl methyl sites for hydroxylation is 1. The number of carbonyl (C=O) groups is 4. The van der Waals surface area contributed by atoms with Crippen LogP contribution in [0.3, 0.4) is 0 Å². The van der Waals surface area contributed by atoms with Crippen molar-refractivity contribution in [3.8, 4) is 11.6 Å². The molecule has 3 heterocycles. The van der Waals surface area contributed by atoms with Gasteiger partial charge >= 0.3 is 0 Å². The smallest absolute Gasteiger partial charge is 0.256 e. The first-order chi connectivity index (χ1) is 23.6. The van der Waals surface area contributed by atoms with E-state index in [4.69, 9.17) is 9.47 Å². The number of methoxy groups -OCH3 is 1. The fourth-order valence-corrected chi connectivity index (χ4v) is 7.39. The fraction of sp³-hybridized carbons (Fsp3) is 0.583. The standard InChI is InChI=1S/C22H32N4O4S.C14H17NO3/c27-14-23-17-8-5-3-1-2-4-7-15-13-22(15,21(30)25-31-16-10-11-16)24-19(28)18-9-6-12-26(18)20(17)29;1-8(2)18-13-7-11(16)10-5-6-12(17-4)9(3)14(10)15-13/h4,7,14-18H,1-3,5-6,8-13H2,(H,23,27)(H,24,28)(H,25,30);5-8H,1-4H3,(H,15,16)/b7-4-;/t15?,17-,18?,22+;/m0./s1. The van der Waals surface area contributed by atoms with Gasteiger partial charge in [0.15, 0.2) is 11.3 Å². The number of hydrogen-bond acceptors (Lipinski definition) is 8. The Bertz CT molecular complexity index is 1620. The predicted octanol–water partition coefficient (Wildman–Crippen LogP) is 4.05. The quantitative estimate of drug-likeness (QED) is 0.183. The number of nitrogens with one attached hydrogen (secondary N) is 4. The van der Waals surface area contributed by atoms with Gasteiger partial charge < -0.3 is 30.0 Å². The van der Waals surface area contributed by atoms with E-state index in [1.807, 2.05) is 20.8 Å². The van der Waals surface area contributed by atoms with Gasteiger partial charge in [0.1, 0.15) is 23.4 Å². The van der Waals surface area contributed by atoms with Crippen LogP contribution in [0.15, 0.2) is 35.1 Å². The number of allylic oxidation sites excluding steroid dienone is 1. The molecule has 1 aromatic heterocycles. The molecule has 6 rings (SSSR count). The average Bonchev–Trinajstić information content (AvgIpc) is 3.98. The van der Waals surface area contributed by atoms with Crippen LogP contribution in [0, 0.1) is 12.8 Å². The minimum Gasteiger partial charge on any atom is -0.496 e. The SMILES string of the molecule is COc1ccc2c(=O)cc(OC(C)C)[nH]c2c1C.O=CN[C@H]1CCCCC/C=C\C2C[C@@]2(C(=O)NSC2CC2)NC(=O)C2CCCN2C1=O. The van der Waals surface area contributed by atoms with Crippen molar-refractivity contribution >= 4 is 47.0 Å². The third-order valence-corrected chi connectivity index (χ3v) is 10.6. The van der Waals surface area contributed by atoms with Crippen molar-refractivity contribution in [2.24, 2.45) is 5.92 Å². The Morgan fingerprint density at radius 2 is 1.90 bits per heavy atom. The highest BCUT2D eigenvalue weighted by Gasteiger charge is 2.61. The molecule has 2 aromatic rings. The maximum atomic E-state index is 13.2. The number of benzene rings is 1. The number of H-pyrrole nitrogens is 1.